The van der Waals surface area contributed by atoms with Crippen molar-refractivity contribution < 1.29 is 4.74 Å². The summed E-state index contributed by atoms with van der Waals surface area (Å²) in [6.07, 6.45) is 1.96. The fourth-order valence-corrected chi connectivity index (χ4v) is 2.39. The number of nitrogens with one attached hydrogen (secondary N) is 1. The second kappa shape index (κ2) is 7.93. The average molecular weight is 322 g/mol. The van der Waals surface area contributed by atoms with Crippen molar-refractivity contribution in [2.45, 2.75) is 18.9 Å². The van der Waals surface area contributed by atoms with Crippen LogP contribution >= 0.6 is 27.5 Å². The number of methoxy groups -OCH3 is 1. The van der Waals surface area contributed by atoms with Gasteiger partial charge in [-0.25, -0.2) is 0 Å². The first-order chi connectivity index (χ1) is 8.17. The molecular weight excluding hydrogens is 304 g/mol. The average Bonchev–Trinajstić information content (AvgIpc) is 2.29. The molecule has 0 aliphatic carbocycles. The molecule has 0 amide bonds. The maximum absolute atomic E-state index is 5.90. The molecule has 1 aromatic rings. The van der Waals surface area contributed by atoms with E-state index in [0.717, 1.165) is 23.0 Å². The van der Waals surface area contributed by atoms with Gasteiger partial charge in [-0.15, -0.1) is 0 Å². The number of anilines is 1. The molecule has 1 rings (SSSR count). The first-order valence-electron chi connectivity index (χ1n) is 5.58. The summed E-state index contributed by atoms with van der Waals surface area (Å²) in [5.41, 5.74) is 6.54. The van der Waals surface area contributed by atoms with Gasteiger partial charge in [0.25, 0.3) is 0 Å². The second-order valence-corrected chi connectivity index (χ2v) is 5.14. The highest BCUT2D eigenvalue weighted by molar-refractivity contribution is 9.10. The lowest BCUT2D eigenvalue weighted by Gasteiger charge is -2.19. The fraction of sp³-hybridized carbons (Fsp3) is 0.500. The normalized spacial score (nSPS) is 12.5. The lowest BCUT2D eigenvalue weighted by molar-refractivity contribution is 0.182. The van der Waals surface area contributed by atoms with Crippen LogP contribution in [-0.4, -0.2) is 26.3 Å². The summed E-state index contributed by atoms with van der Waals surface area (Å²) in [5, 5.41) is 4.14. The molecule has 0 radical (unpaired) electrons. The van der Waals surface area contributed by atoms with Gasteiger partial charge in [-0.05, 0) is 53.5 Å². The molecule has 0 saturated carbocycles. The zero-order chi connectivity index (χ0) is 12.7. The van der Waals surface area contributed by atoms with Crippen molar-refractivity contribution in [3.05, 3.63) is 27.7 Å². The van der Waals surface area contributed by atoms with Crippen LogP contribution in [-0.2, 0) is 4.74 Å². The third-order valence-corrected chi connectivity index (χ3v) is 3.31. The maximum Gasteiger partial charge on any atom is 0.0664 e. The van der Waals surface area contributed by atoms with Crippen LogP contribution < -0.4 is 11.1 Å². The van der Waals surface area contributed by atoms with Crippen molar-refractivity contribution >= 4 is 33.2 Å². The smallest absolute Gasteiger partial charge is 0.0664 e. The molecule has 17 heavy (non-hydrogen) atoms. The van der Waals surface area contributed by atoms with Crippen molar-refractivity contribution in [3.8, 4) is 0 Å². The second-order valence-electron chi connectivity index (χ2n) is 3.85. The topological polar surface area (TPSA) is 47.3 Å². The molecule has 1 atom stereocenters. The van der Waals surface area contributed by atoms with Gasteiger partial charge >= 0.3 is 0 Å². The first kappa shape index (κ1) is 14.8. The van der Waals surface area contributed by atoms with E-state index in [-0.39, 0.29) is 6.04 Å². The van der Waals surface area contributed by atoms with E-state index in [4.69, 9.17) is 22.1 Å². The van der Waals surface area contributed by atoms with Crippen LogP contribution in [0.1, 0.15) is 12.8 Å². The predicted molar refractivity (Wildman–Crippen MR) is 76.7 cm³/mol. The van der Waals surface area contributed by atoms with Crippen LogP contribution in [0.2, 0.25) is 5.02 Å². The lowest BCUT2D eigenvalue weighted by atomic mass is 10.1. The summed E-state index contributed by atoms with van der Waals surface area (Å²) in [6, 6.07) is 5.95. The molecule has 0 saturated heterocycles. The zero-order valence-electron chi connectivity index (χ0n) is 9.88. The van der Waals surface area contributed by atoms with Crippen LogP contribution in [0, 0.1) is 0 Å². The number of halogens is 2. The molecule has 5 heteroatoms. The van der Waals surface area contributed by atoms with Crippen molar-refractivity contribution in [2.24, 2.45) is 5.73 Å². The van der Waals surface area contributed by atoms with Gasteiger partial charge in [0.1, 0.15) is 0 Å². The van der Waals surface area contributed by atoms with E-state index in [1.54, 1.807) is 7.11 Å². The van der Waals surface area contributed by atoms with Crippen molar-refractivity contribution in [1.29, 1.82) is 0 Å². The Kier molecular flexibility index (Phi) is 6.89. The van der Waals surface area contributed by atoms with Gasteiger partial charge < -0.3 is 15.8 Å². The Bertz CT molecular complexity index is 349. The molecule has 3 nitrogen and oxygen atoms in total. The van der Waals surface area contributed by atoms with Gasteiger partial charge in [0.05, 0.1) is 6.61 Å². The molecule has 0 fully saturated rings. The molecule has 0 aromatic heterocycles. The van der Waals surface area contributed by atoms with E-state index in [1.807, 2.05) is 18.2 Å². The molecule has 3 N–H and O–H groups in total. The maximum atomic E-state index is 5.90. The van der Waals surface area contributed by atoms with Crippen LogP contribution in [0.15, 0.2) is 22.7 Å². The molecule has 0 heterocycles. The van der Waals surface area contributed by atoms with Gasteiger partial charge in [0.15, 0.2) is 0 Å². The van der Waals surface area contributed by atoms with Gasteiger partial charge in [-0.1, -0.05) is 11.6 Å². The third kappa shape index (κ3) is 5.25. The zero-order valence-corrected chi connectivity index (χ0v) is 12.2. The predicted octanol–water partition coefficient (Wildman–Crippen LogP) is 3.27. The van der Waals surface area contributed by atoms with E-state index in [9.17, 15) is 0 Å². The van der Waals surface area contributed by atoms with E-state index >= 15 is 0 Å². The number of rotatable bonds is 7. The number of hydrogen-bond acceptors (Lipinski definition) is 3. The Hall–Kier alpha value is -0.290. The Balaban J connectivity index is 2.64. The minimum atomic E-state index is 0.265. The lowest BCUT2D eigenvalue weighted by Crippen LogP contribution is -2.26. The number of benzene rings is 1. The van der Waals surface area contributed by atoms with Crippen molar-refractivity contribution in [1.82, 2.24) is 0 Å². The largest absolute Gasteiger partial charge is 0.383 e. The minimum Gasteiger partial charge on any atom is -0.383 e. The summed E-state index contributed by atoms with van der Waals surface area (Å²) in [5.74, 6) is 0. The van der Waals surface area contributed by atoms with Gasteiger partial charge in [-0.3, -0.25) is 0 Å². The third-order valence-electron chi connectivity index (χ3n) is 2.42. The standard InChI is InChI=1S/C12H18BrClN2O/c1-17-8-10(3-2-6-15)16-12-5-4-9(14)7-11(12)13/h4-5,7,10,16H,2-3,6,8,15H2,1H3. The van der Waals surface area contributed by atoms with Crippen molar-refractivity contribution in [2.75, 3.05) is 25.6 Å². The fourth-order valence-electron chi connectivity index (χ4n) is 1.59. The molecule has 0 aliphatic rings. The molecule has 96 valence electrons. The summed E-state index contributed by atoms with van der Waals surface area (Å²) < 4.78 is 6.15. The summed E-state index contributed by atoms with van der Waals surface area (Å²) in [4.78, 5) is 0. The number of nitrogens with two attached hydrogens (primary N) is 1. The van der Waals surface area contributed by atoms with Crippen LogP contribution in [0.4, 0.5) is 5.69 Å². The molecule has 1 unspecified atom stereocenters. The molecule has 0 bridgehead atoms. The molecule has 1 aromatic carbocycles. The Morgan fingerprint density at radius 1 is 1.53 bits per heavy atom. The highest BCUT2D eigenvalue weighted by atomic mass is 79.9. The van der Waals surface area contributed by atoms with E-state index in [0.29, 0.717) is 18.2 Å². The summed E-state index contributed by atoms with van der Waals surface area (Å²) >= 11 is 9.38. The van der Waals surface area contributed by atoms with Crippen LogP contribution in [0.3, 0.4) is 0 Å². The minimum absolute atomic E-state index is 0.265. The van der Waals surface area contributed by atoms with Crippen molar-refractivity contribution in [3.63, 3.8) is 0 Å². The monoisotopic (exact) mass is 320 g/mol. The summed E-state index contributed by atoms with van der Waals surface area (Å²) in [6.45, 7) is 1.36. The first-order valence-corrected chi connectivity index (χ1v) is 6.75. The van der Waals surface area contributed by atoms with Crippen LogP contribution in [0.25, 0.3) is 0 Å². The number of ether oxygens (including phenoxy) is 1. The van der Waals surface area contributed by atoms with E-state index in [2.05, 4.69) is 21.2 Å². The molecular formula is C12H18BrClN2O. The van der Waals surface area contributed by atoms with Gasteiger partial charge in [0, 0.05) is 28.3 Å². The quantitative estimate of drug-likeness (QED) is 0.810. The van der Waals surface area contributed by atoms with E-state index < -0.39 is 0 Å². The highest BCUT2D eigenvalue weighted by Crippen LogP contribution is 2.26. The molecule has 0 aliphatic heterocycles. The Morgan fingerprint density at radius 2 is 2.29 bits per heavy atom. The Labute approximate surface area is 116 Å². The Morgan fingerprint density at radius 3 is 2.88 bits per heavy atom. The van der Waals surface area contributed by atoms with E-state index in [1.165, 1.54) is 0 Å². The summed E-state index contributed by atoms with van der Waals surface area (Å²) in [7, 11) is 1.70. The highest BCUT2D eigenvalue weighted by Gasteiger charge is 2.09. The SMILES string of the molecule is COCC(CCCN)Nc1ccc(Cl)cc1Br. The number of hydrogen-bond donors (Lipinski definition) is 2. The van der Waals surface area contributed by atoms with Gasteiger partial charge in [-0.2, -0.15) is 0 Å². The van der Waals surface area contributed by atoms with Gasteiger partial charge in [0.2, 0.25) is 0 Å². The van der Waals surface area contributed by atoms with Crippen LogP contribution in [0.5, 0.6) is 0 Å². The molecule has 0 spiro atoms.